The number of piperidine rings is 2. The van der Waals surface area contributed by atoms with Crippen molar-refractivity contribution >= 4 is 67.8 Å². The monoisotopic (exact) mass is 881 g/mol. The molecule has 5 aromatic rings. The predicted octanol–water partition coefficient (Wildman–Crippen LogP) is 3.29. The molecule has 8 rings (SSSR count). The summed E-state index contributed by atoms with van der Waals surface area (Å²) in [7, 11) is -2.66. The Balaban J connectivity index is 0.836. The molecule has 7 heterocycles. The Bertz CT molecular complexity index is 2650. The van der Waals surface area contributed by atoms with Crippen LogP contribution in [0.3, 0.4) is 0 Å². The number of piperazine rings is 1. The number of ketones is 1. The maximum Gasteiger partial charge on any atom is 0.301 e. The fourth-order valence-corrected chi connectivity index (χ4v) is 8.94. The number of amides is 3. The average molecular weight is 882 g/mol. The Morgan fingerprint density at radius 3 is 2.29 bits per heavy atom. The van der Waals surface area contributed by atoms with Gasteiger partial charge >= 0.3 is 10.2 Å². The number of aromatic nitrogens is 4. The molecule has 1 unspecified atom stereocenters. The number of aliphatic hydroxyl groups is 1. The van der Waals surface area contributed by atoms with Crippen molar-refractivity contribution in [2.24, 2.45) is 0 Å². The molecule has 0 aliphatic carbocycles. The molecule has 4 aromatic heterocycles. The number of hydrogen-bond acceptors (Lipinski definition) is 13. The van der Waals surface area contributed by atoms with E-state index in [9.17, 15) is 32.7 Å². The van der Waals surface area contributed by atoms with Gasteiger partial charge in [-0.15, -0.1) is 0 Å². The highest BCUT2D eigenvalue weighted by atomic mass is 32.2. The first kappa shape index (κ1) is 43.2. The Morgan fingerprint density at radius 1 is 0.921 bits per heavy atom. The minimum Gasteiger partial charge on any atom is -0.389 e. The molecule has 18 nitrogen and oxygen atoms in total. The van der Waals surface area contributed by atoms with Gasteiger partial charge in [-0.2, -0.15) is 12.7 Å². The SMILES string of the molecule is CCN(C)S(=O)(=O)Nc1cccc(C(=O)c2c[nH]c3ncc(-c4ccc(N5CCN(C(=O)CC6(O)CCN(c7ccc(NC8CCC(=O)NC8=O)cn7)CC6)CC5)nc4)cc23)c1F. The van der Waals surface area contributed by atoms with Crippen LogP contribution in [0.2, 0.25) is 0 Å². The molecule has 20 heteroatoms. The summed E-state index contributed by atoms with van der Waals surface area (Å²) in [5.41, 5.74) is 0.895. The highest BCUT2D eigenvalue weighted by Crippen LogP contribution is 2.31. The topological polar surface area (TPSA) is 226 Å². The van der Waals surface area contributed by atoms with E-state index in [0.29, 0.717) is 80.8 Å². The van der Waals surface area contributed by atoms with Crippen LogP contribution in [0, 0.1) is 5.82 Å². The maximum atomic E-state index is 15.6. The van der Waals surface area contributed by atoms with Crippen LogP contribution in [-0.4, -0.2) is 131 Å². The summed E-state index contributed by atoms with van der Waals surface area (Å²) in [6.07, 6.45) is 7.99. The molecule has 5 N–H and O–H groups in total. The van der Waals surface area contributed by atoms with Crippen LogP contribution in [0.1, 0.15) is 54.9 Å². The first-order valence-electron chi connectivity index (χ1n) is 20.8. The number of rotatable bonds is 13. The van der Waals surface area contributed by atoms with Gasteiger partial charge in [0.1, 0.15) is 23.3 Å². The van der Waals surface area contributed by atoms with Crippen molar-refractivity contribution in [1.29, 1.82) is 0 Å². The summed E-state index contributed by atoms with van der Waals surface area (Å²) in [4.78, 5) is 73.3. The van der Waals surface area contributed by atoms with Gasteiger partial charge in [0.2, 0.25) is 17.7 Å². The molecule has 0 bridgehead atoms. The normalized spacial score (nSPS) is 18.1. The maximum absolute atomic E-state index is 15.6. The highest BCUT2D eigenvalue weighted by Gasteiger charge is 2.37. The first-order valence-corrected chi connectivity index (χ1v) is 22.2. The Labute approximate surface area is 363 Å². The van der Waals surface area contributed by atoms with Crippen molar-refractivity contribution in [2.45, 2.75) is 50.7 Å². The molecule has 1 atom stereocenters. The van der Waals surface area contributed by atoms with E-state index >= 15 is 4.39 Å². The van der Waals surface area contributed by atoms with Gasteiger partial charge in [0.25, 0.3) is 0 Å². The lowest BCUT2D eigenvalue weighted by Gasteiger charge is -2.40. The van der Waals surface area contributed by atoms with Crippen LogP contribution in [0.25, 0.3) is 22.2 Å². The van der Waals surface area contributed by atoms with Crippen LogP contribution >= 0.6 is 0 Å². The second-order valence-corrected chi connectivity index (χ2v) is 17.8. The number of hydrogen-bond donors (Lipinski definition) is 5. The van der Waals surface area contributed by atoms with Gasteiger partial charge < -0.3 is 30.1 Å². The highest BCUT2D eigenvalue weighted by molar-refractivity contribution is 7.90. The fraction of sp³-hybridized carbons (Fsp3) is 0.372. The van der Waals surface area contributed by atoms with Crippen molar-refractivity contribution in [2.75, 3.05) is 72.7 Å². The Hall–Kier alpha value is -6.51. The van der Waals surface area contributed by atoms with Crippen LogP contribution in [0.5, 0.6) is 0 Å². The van der Waals surface area contributed by atoms with E-state index in [-0.39, 0.29) is 53.9 Å². The van der Waals surface area contributed by atoms with E-state index in [1.165, 1.54) is 31.4 Å². The molecule has 0 spiro atoms. The molecule has 1 aromatic carbocycles. The lowest BCUT2D eigenvalue weighted by molar-refractivity contribution is -0.138. The molecule has 330 valence electrons. The van der Waals surface area contributed by atoms with Crippen molar-refractivity contribution in [3.63, 3.8) is 0 Å². The lowest BCUT2D eigenvalue weighted by atomic mass is 9.87. The lowest BCUT2D eigenvalue weighted by Crippen LogP contribution is -2.52. The van der Waals surface area contributed by atoms with Crippen molar-refractivity contribution in [3.05, 3.63) is 90.3 Å². The van der Waals surface area contributed by atoms with E-state index in [4.69, 9.17) is 4.98 Å². The predicted molar refractivity (Wildman–Crippen MR) is 234 cm³/mol. The number of H-pyrrole nitrogens is 1. The van der Waals surface area contributed by atoms with Crippen molar-refractivity contribution in [3.8, 4) is 11.1 Å². The molecule has 63 heavy (non-hydrogen) atoms. The van der Waals surface area contributed by atoms with Gasteiger partial charge in [-0.3, -0.25) is 29.2 Å². The van der Waals surface area contributed by atoms with E-state index < -0.39 is 33.5 Å². The number of halogens is 1. The number of pyridine rings is 3. The zero-order chi connectivity index (χ0) is 44.5. The zero-order valence-corrected chi connectivity index (χ0v) is 35.6. The van der Waals surface area contributed by atoms with Gasteiger partial charge in [0.05, 0.1) is 35.2 Å². The van der Waals surface area contributed by atoms with Crippen LogP contribution in [-0.2, 0) is 24.6 Å². The molecular weight excluding hydrogens is 834 g/mol. The molecule has 0 saturated carbocycles. The second-order valence-electron chi connectivity index (χ2n) is 16.1. The molecule has 3 amide bonds. The van der Waals surface area contributed by atoms with Gasteiger partial charge in [0.15, 0.2) is 11.6 Å². The second kappa shape index (κ2) is 17.7. The smallest absolute Gasteiger partial charge is 0.301 e. The number of fused-ring (bicyclic) bond motifs is 1. The van der Waals surface area contributed by atoms with Crippen molar-refractivity contribution < 1.29 is 37.1 Å². The molecular formula is C43H48FN11O7S. The van der Waals surface area contributed by atoms with Gasteiger partial charge in [-0.25, -0.2) is 19.3 Å². The summed E-state index contributed by atoms with van der Waals surface area (Å²) >= 11 is 0. The summed E-state index contributed by atoms with van der Waals surface area (Å²) in [5.74, 6) is -0.891. The number of nitrogens with zero attached hydrogens (tertiary/aromatic N) is 7. The first-order chi connectivity index (χ1) is 30.2. The van der Waals surface area contributed by atoms with Gasteiger partial charge in [-0.1, -0.05) is 13.0 Å². The Morgan fingerprint density at radius 2 is 1.62 bits per heavy atom. The molecule has 3 aliphatic rings. The van der Waals surface area contributed by atoms with Crippen LogP contribution < -0.4 is 25.2 Å². The van der Waals surface area contributed by atoms with Crippen molar-refractivity contribution in [1.82, 2.24) is 34.5 Å². The quantitative estimate of drug-likeness (QED) is 0.0847. The average Bonchev–Trinajstić information content (AvgIpc) is 3.71. The third-order valence-electron chi connectivity index (χ3n) is 12.0. The van der Waals surface area contributed by atoms with E-state index in [1.54, 1.807) is 36.5 Å². The minimum atomic E-state index is -4.02. The van der Waals surface area contributed by atoms with E-state index in [0.717, 1.165) is 21.5 Å². The zero-order valence-electron chi connectivity index (χ0n) is 34.8. The van der Waals surface area contributed by atoms with Crippen LogP contribution in [0.15, 0.2) is 73.3 Å². The number of anilines is 4. The number of benzene rings is 1. The minimum absolute atomic E-state index is 0.0303. The summed E-state index contributed by atoms with van der Waals surface area (Å²) in [6, 6.07) is 12.7. The molecule has 0 radical (unpaired) electrons. The third kappa shape index (κ3) is 9.32. The van der Waals surface area contributed by atoms with Gasteiger partial charge in [-0.05, 0) is 61.7 Å². The summed E-state index contributed by atoms with van der Waals surface area (Å²) in [5, 5.41) is 17.3. The van der Waals surface area contributed by atoms with Crippen LogP contribution in [0.4, 0.5) is 27.4 Å². The largest absolute Gasteiger partial charge is 0.389 e. The number of aromatic amines is 1. The summed E-state index contributed by atoms with van der Waals surface area (Å²) < 4.78 is 43.9. The molecule has 3 aliphatic heterocycles. The number of imide groups is 1. The van der Waals surface area contributed by atoms with E-state index in [2.05, 4.69) is 40.1 Å². The Kier molecular flexibility index (Phi) is 12.1. The third-order valence-corrected chi connectivity index (χ3v) is 13.5. The number of carbonyl (C=O) groups is 4. The summed E-state index contributed by atoms with van der Waals surface area (Å²) in [6.45, 7) is 4.93. The van der Waals surface area contributed by atoms with E-state index in [1.807, 2.05) is 24.3 Å². The molecule has 3 saturated heterocycles. The van der Waals surface area contributed by atoms with Gasteiger partial charge in [0, 0.05) is 99.9 Å². The standard InChI is InChI=1S/C43H48FN11O7S/c1-3-52(2)63(61,62)51-33-6-4-5-30(39(33)44)40(58)32-26-48-41-31(32)21-28(24-47-41)27-7-10-35(45-23-27)54-17-19-55(20-18-54)38(57)22-43(60)13-15-53(16-14-43)36-11-8-29(25-46-36)49-34-9-12-37(56)50-42(34)59/h4-8,10-11,21,23-26,34,49,51,60H,3,9,12-20,22H2,1-2H3,(H,47,48)(H,50,56,59). The number of carbonyl (C=O) groups excluding carboxylic acids is 4. The fourth-order valence-electron chi connectivity index (χ4n) is 8.01. The number of nitrogens with one attached hydrogen (secondary N) is 4. The molecule has 3 fully saturated rings.